The van der Waals surface area contributed by atoms with Gasteiger partial charge in [-0.05, 0) is 56.0 Å². The second-order valence-corrected chi connectivity index (χ2v) is 7.10. The summed E-state index contributed by atoms with van der Waals surface area (Å²) in [7, 11) is 0. The Kier molecular flexibility index (Phi) is 5.50. The van der Waals surface area contributed by atoms with Gasteiger partial charge in [-0.3, -0.25) is 4.79 Å². The van der Waals surface area contributed by atoms with Crippen LogP contribution in [0.25, 0.3) is 0 Å². The Labute approximate surface area is 156 Å². The summed E-state index contributed by atoms with van der Waals surface area (Å²) in [6.45, 7) is 11.6. The summed E-state index contributed by atoms with van der Waals surface area (Å²) in [5.74, 6) is 0.892. The van der Waals surface area contributed by atoms with Crippen LogP contribution in [0.15, 0.2) is 36.4 Å². The summed E-state index contributed by atoms with van der Waals surface area (Å²) in [6.07, 6.45) is 0. The fourth-order valence-electron chi connectivity index (χ4n) is 3.53. The van der Waals surface area contributed by atoms with Crippen LogP contribution in [0.5, 0.6) is 5.75 Å². The van der Waals surface area contributed by atoms with Crippen LogP contribution in [0.1, 0.15) is 22.3 Å². The van der Waals surface area contributed by atoms with Gasteiger partial charge in [0, 0.05) is 31.9 Å². The topological polar surface area (TPSA) is 32.8 Å². The number of carbonyl (C=O) groups is 1. The molecule has 0 aromatic heterocycles. The highest BCUT2D eigenvalue weighted by Crippen LogP contribution is 2.24. The predicted molar refractivity (Wildman–Crippen MR) is 106 cm³/mol. The van der Waals surface area contributed by atoms with Crippen LogP contribution in [0, 0.1) is 27.7 Å². The molecule has 0 radical (unpaired) electrons. The number of aryl methyl sites for hydroxylation is 3. The molecule has 0 N–H and O–H groups in total. The number of rotatable bonds is 4. The molecule has 0 spiro atoms. The number of amides is 1. The molecule has 3 rings (SSSR count). The van der Waals surface area contributed by atoms with Gasteiger partial charge in [0.15, 0.2) is 6.61 Å². The second kappa shape index (κ2) is 7.81. The molecule has 1 saturated heterocycles. The number of hydrogen-bond donors (Lipinski definition) is 0. The van der Waals surface area contributed by atoms with Crippen molar-refractivity contribution in [1.82, 2.24) is 4.90 Å². The average Bonchev–Trinajstić information content (AvgIpc) is 2.63. The number of hydrogen-bond acceptors (Lipinski definition) is 3. The van der Waals surface area contributed by atoms with Gasteiger partial charge in [-0.25, -0.2) is 0 Å². The van der Waals surface area contributed by atoms with E-state index in [1.165, 1.54) is 16.8 Å². The van der Waals surface area contributed by atoms with Crippen LogP contribution in [0.2, 0.25) is 0 Å². The molecule has 1 amide bonds. The number of para-hydroxylation sites is 1. The number of piperazine rings is 1. The Hall–Kier alpha value is -2.49. The Balaban J connectivity index is 1.56. The zero-order valence-electron chi connectivity index (χ0n) is 16.2. The summed E-state index contributed by atoms with van der Waals surface area (Å²) in [6, 6.07) is 12.4. The fourth-order valence-corrected chi connectivity index (χ4v) is 3.53. The van der Waals surface area contributed by atoms with Gasteiger partial charge in [-0.15, -0.1) is 0 Å². The first-order valence-corrected chi connectivity index (χ1v) is 9.25. The highest BCUT2D eigenvalue weighted by molar-refractivity contribution is 5.78. The minimum atomic E-state index is 0.0632. The quantitative estimate of drug-likeness (QED) is 0.842. The standard InChI is InChI=1S/C22H28N2O2/c1-16-7-6-10-20(19(16)4)23-11-13-24(14-12-23)21(25)15-26-22-17(2)8-5-9-18(22)3/h5-10H,11-15H2,1-4H3. The van der Waals surface area contributed by atoms with Gasteiger partial charge >= 0.3 is 0 Å². The number of ether oxygens (including phenoxy) is 1. The smallest absolute Gasteiger partial charge is 0.260 e. The van der Waals surface area contributed by atoms with Crippen molar-refractivity contribution in [3.8, 4) is 5.75 Å². The van der Waals surface area contributed by atoms with E-state index in [-0.39, 0.29) is 12.5 Å². The SMILES string of the molecule is Cc1cccc(N2CCN(C(=O)COc3c(C)cccc3C)CC2)c1C. The van der Waals surface area contributed by atoms with Crippen LogP contribution >= 0.6 is 0 Å². The van der Waals surface area contributed by atoms with Gasteiger partial charge in [0.2, 0.25) is 0 Å². The zero-order valence-corrected chi connectivity index (χ0v) is 16.2. The highest BCUT2D eigenvalue weighted by atomic mass is 16.5. The molecule has 2 aromatic rings. The third-order valence-corrected chi connectivity index (χ3v) is 5.30. The number of carbonyl (C=O) groups excluding carboxylic acids is 1. The first-order chi connectivity index (χ1) is 12.5. The van der Waals surface area contributed by atoms with Crippen LogP contribution in [0.3, 0.4) is 0 Å². The van der Waals surface area contributed by atoms with Crippen LogP contribution in [-0.4, -0.2) is 43.6 Å². The number of nitrogens with zero attached hydrogens (tertiary/aromatic N) is 2. The largest absolute Gasteiger partial charge is 0.483 e. The lowest BCUT2D eigenvalue weighted by molar-refractivity contribution is -0.133. The normalized spacial score (nSPS) is 14.5. The molecule has 138 valence electrons. The van der Waals surface area contributed by atoms with E-state index in [4.69, 9.17) is 4.74 Å². The average molecular weight is 352 g/mol. The Morgan fingerprint density at radius 3 is 2.12 bits per heavy atom. The fraction of sp³-hybridized carbons (Fsp3) is 0.409. The van der Waals surface area contributed by atoms with E-state index in [0.29, 0.717) is 0 Å². The molecule has 2 aromatic carbocycles. The summed E-state index contributed by atoms with van der Waals surface area (Å²) in [5.41, 5.74) is 6.05. The maximum atomic E-state index is 12.5. The van der Waals surface area contributed by atoms with Crippen molar-refractivity contribution >= 4 is 11.6 Å². The van der Waals surface area contributed by atoms with E-state index in [9.17, 15) is 4.79 Å². The van der Waals surface area contributed by atoms with Crippen molar-refractivity contribution in [2.24, 2.45) is 0 Å². The monoisotopic (exact) mass is 352 g/mol. The third kappa shape index (κ3) is 3.85. The summed E-state index contributed by atoms with van der Waals surface area (Å²) in [4.78, 5) is 16.8. The molecule has 0 aliphatic carbocycles. The van der Waals surface area contributed by atoms with E-state index in [0.717, 1.165) is 43.1 Å². The molecule has 1 aliphatic heterocycles. The Bertz CT molecular complexity index is 772. The third-order valence-electron chi connectivity index (χ3n) is 5.30. The maximum absolute atomic E-state index is 12.5. The molecule has 1 heterocycles. The molecule has 4 nitrogen and oxygen atoms in total. The summed E-state index contributed by atoms with van der Waals surface area (Å²) in [5, 5.41) is 0. The molecule has 0 saturated carbocycles. The molecule has 0 bridgehead atoms. The lowest BCUT2D eigenvalue weighted by Gasteiger charge is -2.37. The van der Waals surface area contributed by atoms with Gasteiger partial charge in [-0.1, -0.05) is 30.3 Å². The molecule has 1 aliphatic rings. The van der Waals surface area contributed by atoms with E-state index < -0.39 is 0 Å². The van der Waals surface area contributed by atoms with E-state index in [1.54, 1.807) is 0 Å². The first-order valence-electron chi connectivity index (χ1n) is 9.25. The molecule has 26 heavy (non-hydrogen) atoms. The van der Waals surface area contributed by atoms with Gasteiger partial charge in [0.25, 0.3) is 5.91 Å². The molecular formula is C22H28N2O2. The zero-order chi connectivity index (χ0) is 18.7. The number of benzene rings is 2. The number of anilines is 1. The lowest BCUT2D eigenvalue weighted by Crippen LogP contribution is -2.50. The van der Waals surface area contributed by atoms with Crippen molar-refractivity contribution < 1.29 is 9.53 Å². The van der Waals surface area contributed by atoms with Crippen molar-refractivity contribution in [2.45, 2.75) is 27.7 Å². The van der Waals surface area contributed by atoms with Gasteiger partial charge in [0.1, 0.15) is 5.75 Å². The van der Waals surface area contributed by atoms with E-state index in [2.05, 4.69) is 36.9 Å². The van der Waals surface area contributed by atoms with Crippen molar-refractivity contribution in [3.05, 3.63) is 58.7 Å². The van der Waals surface area contributed by atoms with E-state index in [1.807, 2.05) is 36.9 Å². The van der Waals surface area contributed by atoms with Crippen LogP contribution < -0.4 is 9.64 Å². The Morgan fingerprint density at radius 1 is 0.885 bits per heavy atom. The van der Waals surface area contributed by atoms with Crippen LogP contribution in [0.4, 0.5) is 5.69 Å². The summed E-state index contributed by atoms with van der Waals surface area (Å²) < 4.78 is 5.82. The van der Waals surface area contributed by atoms with Gasteiger partial charge < -0.3 is 14.5 Å². The molecule has 0 unspecified atom stereocenters. The second-order valence-electron chi connectivity index (χ2n) is 7.10. The molecule has 4 heteroatoms. The van der Waals surface area contributed by atoms with Crippen molar-refractivity contribution in [2.75, 3.05) is 37.7 Å². The first kappa shape index (κ1) is 18.3. The lowest BCUT2D eigenvalue weighted by atomic mass is 10.1. The van der Waals surface area contributed by atoms with Gasteiger partial charge in [-0.2, -0.15) is 0 Å². The summed E-state index contributed by atoms with van der Waals surface area (Å²) >= 11 is 0. The van der Waals surface area contributed by atoms with Crippen LogP contribution in [-0.2, 0) is 4.79 Å². The highest BCUT2D eigenvalue weighted by Gasteiger charge is 2.22. The van der Waals surface area contributed by atoms with Crippen molar-refractivity contribution in [1.29, 1.82) is 0 Å². The molecular weight excluding hydrogens is 324 g/mol. The minimum Gasteiger partial charge on any atom is -0.483 e. The maximum Gasteiger partial charge on any atom is 0.260 e. The predicted octanol–water partition coefficient (Wildman–Crippen LogP) is 3.65. The van der Waals surface area contributed by atoms with Crippen molar-refractivity contribution in [3.63, 3.8) is 0 Å². The molecule has 0 atom stereocenters. The van der Waals surface area contributed by atoms with E-state index >= 15 is 0 Å². The Morgan fingerprint density at radius 2 is 1.46 bits per heavy atom. The van der Waals surface area contributed by atoms with Gasteiger partial charge in [0.05, 0.1) is 0 Å². The minimum absolute atomic E-state index is 0.0632. The molecule has 1 fully saturated rings.